The van der Waals surface area contributed by atoms with Gasteiger partial charge in [0.25, 0.3) is 0 Å². The van der Waals surface area contributed by atoms with Gasteiger partial charge >= 0.3 is 0 Å². The molecule has 1 aromatic heterocycles. The quantitative estimate of drug-likeness (QED) is 0.792. The van der Waals surface area contributed by atoms with Gasteiger partial charge in [-0.2, -0.15) is 0 Å². The number of pyridine rings is 1. The summed E-state index contributed by atoms with van der Waals surface area (Å²) in [6.07, 6.45) is 0. The van der Waals surface area contributed by atoms with E-state index in [0.29, 0.717) is 6.61 Å². The minimum absolute atomic E-state index is 0.255. The van der Waals surface area contributed by atoms with Crippen LogP contribution in [-0.2, 0) is 0 Å². The fourth-order valence-corrected chi connectivity index (χ4v) is 2.39. The molecule has 0 radical (unpaired) electrons. The monoisotopic (exact) mass is 278 g/mol. The van der Waals surface area contributed by atoms with Crippen molar-refractivity contribution < 1.29 is 4.74 Å². The number of fused-ring (bicyclic) bond motifs is 1. The van der Waals surface area contributed by atoms with Crippen LogP contribution in [0.15, 0.2) is 60.7 Å². The first-order chi connectivity index (χ1) is 10.3. The maximum absolute atomic E-state index is 6.35. The van der Waals surface area contributed by atoms with Gasteiger partial charge in [-0.05, 0) is 36.8 Å². The van der Waals surface area contributed by atoms with Crippen LogP contribution in [0.4, 0.5) is 0 Å². The summed E-state index contributed by atoms with van der Waals surface area (Å²) in [7, 11) is 0. The number of nitrogens with zero attached hydrogens (tertiary/aromatic N) is 1. The second-order valence-corrected chi connectivity index (χ2v) is 4.91. The average Bonchev–Trinajstić information content (AvgIpc) is 2.54. The van der Waals surface area contributed by atoms with Gasteiger partial charge in [-0.3, -0.25) is 4.98 Å². The first-order valence-corrected chi connectivity index (χ1v) is 7.12. The van der Waals surface area contributed by atoms with Crippen molar-refractivity contribution in [2.24, 2.45) is 5.73 Å². The topological polar surface area (TPSA) is 48.1 Å². The molecule has 0 amide bonds. The predicted molar refractivity (Wildman–Crippen MR) is 85.4 cm³/mol. The van der Waals surface area contributed by atoms with Crippen molar-refractivity contribution in [3.05, 3.63) is 71.9 Å². The molecule has 3 heteroatoms. The van der Waals surface area contributed by atoms with Gasteiger partial charge < -0.3 is 10.5 Å². The molecule has 1 heterocycles. The van der Waals surface area contributed by atoms with E-state index < -0.39 is 0 Å². The molecule has 3 rings (SSSR count). The van der Waals surface area contributed by atoms with Gasteiger partial charge in [0.2, 0.25) is 0 Å². The lowest BCUT2D eigenvalue weighted by atomic mass is 10.0. The predicted octanol–water partition coefficient (Wildman–Crippen LogP) is 3.68. The molecular formula is C18H18N2O. The van der Waals surface area contributed by atoms with Gasteiger partial charge in [0.1, 0.15) is 5.75 Å². The highest BCUT2D eigenvalue weighted by Gasteiger charge is 2.11. The third-order valence-electron chi connectivity index (χ3n) is 3.47. The van der Waals surface area contributed by atoms with Crippen LogP contribution in [-0.4, -0.2) is 11.6 Å². The minimum Gasteiger partial charge on any atom is -0.494 e. The van der Waals surface area contributed by atoms with Gasteiger partial charge in [0, 0.05) is 5.39 Å². The Morgan fingerprint density at radius 2 is 1.90 bits per heavy atom. The highest BCUT2D eigenvalue weighted by atomic mass is 16.5. The molecule has 106 valence electrons. The van der Waals surface area contributed by atoms with Crippen LogP contribution in [0.1, 0.15) is 24.2 Å². The summed E-state index contributed by atoms with van der Waals surface area (Å²) < 4.78 is 5.53. The van der Waals surface area contributed by atoms with E-state index in [1.165, 1.54) is 0 Å². The van der Waals surface area contributed by atoms with Crippen molar-refractivity contribution in [1.82, 2.24) is 4.98 Å². The Hall–Kier alpha value is -2.39. The average molecular weight is 278 g/mol. The molecule has 0 bridgehead atoms. The zero-order valence-electron chi connectivity index (χ0n) is 12.0. The Morgan fingerprint density at radius 1 is 1.05 bits per heavy atom. The van der Waals surface area contributed by atoms with Gasteiger partial charge in [-0.15, -0.1) is 0 Å². The Labute approximate surface area is 124 Å². The van der Waals surface area contributed by atoms with Crippen molar-refractivity contribution in [3.8, 4) is 5.75 Å². The van der Waals surface area contributed by atoms with Crippen molar-refractivity contribution in [1.29, 1.82) is 0 Å². The lowest BCUT2D eigenvalue weighted by molar-refractivity contribution is 0.340. The Balaban J connectivity index is 1.95. The Morgan fingerprint density at radius 3 is 2.76 bits per heavy atom. The van der Waals surface area contributed by atoms with Crippen LogP contribution in [0.2, 0.25) is 0 Å². The first-order valence-electron chi connectivity index (χ1n) is 7.12. The summed E-state index contributed by atoms with van der Waals surface area (Å²) in [6.45, 7) is 2.62. The molecule has 1 atom stereocenters. The molecule has 0 spiro atoms. The number of hydrogen-bond acceptors (Lipinski definition) is 3. The van der Waals surface area contributed by atoms with E-state index in [1.807, 2.05) is 61.5 Å². The standard InChI is InChI=1S/C18H18N2O/c1-2-21-15-8-5-7-14(12-15)18(19)17-11-10-13-6-3-4-9-16(13)20-17/h3-12,18H,2,19H2,1H3. The van der Waals surface area contributed by atoms with E-state index in [0.717, 1.165) is 27.9 Å². The maximum atomic E-state index is 6.35. The summed E-state index contributed by atoms with van der Waals surface area (Å²) >= 11 is 0. The molecule has 21 heavy (non-hydrogen) atoms. The third kappa shape index (κ3) is 2.88. The molecule has 0 saturated heterocycles. The normalized spacial score (nSPS) is 12.3. The highest BCUT2D eigenvalue weighted by Crippen LogP contribution is 2.23. The van der Waals surface area contributed by atoms with E-state index in [2.05, 4.69) is 11.1 Å². The zero-order chi connectivity index (χ0) is 14.7. The van der Waals surface area contributed by atoms with Crippen molar-refractivity contribution in [3.63, 3.8) is 0 Å². The molecule has 3 aromatic rings. The van der Waals surface area contributed by atoms with E-state index in [4.69, 9.17) is 10.5 Å². The smallest absolute Gasteiger partial charge is 0.119 e. The van der Waals surface area contributed by atoms with Gasteiger partial charge in [-0.25, -0.2) is 0 Å². The lowest BCUT2D eigenvalue weighted by Crippen LogP contribution is -2.13. The molecule has 2 aromatic carbocycles. The summed E-state index contributed by atoms with van der Waals surface area (Å²) in [6, 6.07) is 19.7. The summed E-state index contributed by atoms with van der Waals surface area (Å²) in [5, 5.41) is 1.12. The Kier molecular flexibility index (Phi) is 3.84. The fourth-order valence-electron chi connectivity index (χ4n) is 2.39. The number of para-hydroxylation sites is 1. The summed E-state index contributed by atoms with van der Waals surface area (Å²) in [5.41, 5.74) is 9.19. The fraction of sp³-hybridized carbons (Fsp3) is 0.167. The van der Waals surface area contributed by atoms with Crippen LogP contribution in [0.5, 0.6) is 5.75 Å². The largest absolute Gasteiger partial charge is 0.494 e. The molecule has 1 unspecified atom stereocenters. The molecule has 0 aliphatic heterocycles. The number of rotatable bonds is 4. The van der Waals surface area contributed by atoms with E-state index >= 15 is 0 Å². The molecule has 0 saturated carbocycles. The molecule has 3 nitrogen and oxygen atoms in total. The molecule has 2 N–H and O–H groups in total. The first kappa shape index (κ1) is 13.6. The lowest BCUT2D eigenvalue weighted by Gasteiger charge is -2.13. The van der Waals surface area contributed by atoms with E-state index in [1.54, 1.807) is 0 Å². The number of ether oxygens (including phenoxy) is 1. The van der Waals surface area contributed by atoms with Crippen LogP contribution in [0.3, 0.4) is 0 Å². The van der Waals surface area contributed by atoms with Gasteiger partial charge in [0.05, 0.1) is 23.9 Å². The van der Waals surface area contributed by atoms with Crippen molar-refractivity contribution in [2.45, 2.75) is 13.0 Å². The number of aromatic nitrogens is 1. The number of benzene rings is 2. The second-order valence-electron chi connectivity index (χ2n) is 4.91. The van der Waals surface area contributed by atoms with Crippen LogP contribution < -0.4 is 10.5 Å². The zero-order valence-corrected chi connectivity index (χ0v) is 12.0. The van der Waals surface area contributed by atoms with Crippen LogP contribution in [0, 0.1) is 0 Å². The van der Waals surface area contributed by atoms with Crippen LogP contribution >= 0.6 is 0 Å². The number of hydrogen-bond donors (Lipinski definition) is 1. The SMILES string of the molecule is CCOc1cccc(C(N)c2ccc3ccccc3n2)c1. The molecule has 0 fully saturated rings. The van der Waals surface area contributed by atoms with Gasteiger partial charge in [0.15, 0.2) is 0 Å². The maximum Gasteiger partial charge on any atom is 0.119 e. The minimum atomic E-state index is -0.255. The molecule has 0 aliphatic carbocycles. The van der Waals surface area contributed by atoms with Crippen molar-refractivity contribution in [2.75, 3.05) is 6.61 Å². The van der Waals surface area contributed by atoms with E-state index in [-0.39, 0.29) is 6.04 Å². The Bertz CT molecular complexity index is 755. The van der Waals surface area contributed by atoms with Crippen LogP contribution in [0.25, 0.3) is 10.9 Å². The third-order valence-corrected chi connectivity index (χ3v) is 3.47. The second kappa shape index (κ2) is 5.94. The summed E-state index contributed by atoms with van der Waals surface area (Å²) in [4.78, 5) is 4.66. The van der Waals surface area contributed by atoms with Gasteiger partial charge in [-0.1, -0.05) is 36.4 Å². The van der Waals surface area contributed by atoms with E-state index in [9.17, 15) is 0 Å². The highest BCUT2D eigenvalue weighted by molar-refractivity contribution is 5.78. The summed E-state index contributed by atoms with van der Waals surface area (Å²) in [5.74, 6) is 0.839. The number of nitrogens with two attached hydrogens (primary N) is 1. The van der Waals surface area contributed by atoms with Crippen molar-refractivity contribution >= 4 is 10.9 Å². The molecule has 0 aliphatic rings. The molecular weight excluding hydrogens is 260 g/mol.